The summed E-state index contributed by atoms with van der Waals surface area (Å²) < 4.78 is 0. The minimum Gasteiger partial charge on any atom is -0.512 e. The molecule has 0 heterocycles. The van der Waals surface area contributed by atoms with Crippen molar-refractivity contribution in [2.24, 2.45) is 4.99 Å². The quantitative estimate of drug-likeness (QED) is 0.501. The lowest BCUT2D eigenvalue weighted by atomic mass is 10.1. The van der Waals surface area contributed by atoms with Gasteiger partial charge in [0.15, 0.2) is 0 Å². The van der Waals surface area contributed by atoms with E-state index >= 15 is 0 Å². The van der Waals surface area contributed by atoms with Crippen LogP contribution in [0.5, 0.6) is 0 Å². The van der Waals surface area contributed by atoms with E-state index in [4.69, 9.17) is 11.6 Å². The van der Waals surface area contributed by atoms with E-state index in [2.05, 4.69) is 10.3 Å². The number of aliphatic hydroxyl groups excluding tert-OH is 1. The summed E-state index contributed by atoms with van der Waals surface area (Å²) in [4.78, 5) is 15.9. The van der Waals surface area contributed by atoms with Crippen LogP contribution in [0.2, 0.25) is 5.02 Å². The van der Waals surface area contributed by atoms with Gasteiger partial charge in [-0.25, -0.2) is 0 Å². The molecular formula is C13H15ClN2O2. The molecule has 1 amide bonds. The van der Waals surface area contributed by atoms with Crippen molar-refractivity contribution >= 4 is 28.9 Å². The fourth-order valence-corrected chi connectivity index (χ4v) is 1.63. The van der Waals surface area contributed by atoms with Gasteiger partial charge in [-0.05, 0) is 26.0 Å². The number of benzene rings is 1. The van der Waals surface area contributed by atoms with Gasteiger partial charge in [0.2, 0.25) is 0 Å². The largest absolute Gasteiger partial charge is 0.512 e. The van der Waals surface area contributed by atoms with Crippen molar-refractivity contribution in [3.05, 3.63) is 40.6 Å². The maximum atomic E-state index is 12.0. The first kappa shape index (κ1) is 14.3. The van der Waals surface area contributed by atoms with Crippen molar-refractivity contribution in [1.29, 1.82) is 0 Å². The van der Waals surface area contributed by atoms with Crippen LogP contribution in [-0.2, 0) is 4.79 Å². The standard InChI is InChI=1S/C13H15ClN2O2/c1-8(15-3)12(9(2)17)13(18)16-11-7-5-4-6-10(11)14/h4-7,17H,1-3H3,(H,16,18)/b12-9-,15-8?. The Labute approximate surface area is 111 Å². The van der Waals surface area contributed by atoms with Crippen LogP contribution in [0.3, 0.4) is 0 Å². The van der Waals surface area contributed by atoms with E-state index < -0.39 is 5.91 Å². The Morgan fingerprint density at radius 3 is 2.44 bits per heavy atom. The first-order chi connectivity index (χ1) is 8.47. The van der Waals surface area contributed by atoms with Crippen LogP contribution < -0.4 is 5.32 Å². The Kier molecular flexibility index (Phi) is 4.92. The third kappa shape index (κ3) is 3.34. The monoisotopic (exact) mass is 266 g/mol. The van der Waals surface area contributed by atoms with Gasteiger partial charge in [0.05, 0.1) is 16.3 Å². The molecule has 0 aliphatic heterocycles. The van der Waals surface area contributed by atoms with Crippen LogP contribution in [0.4, 0.5) is 5.69 Å². The van der Waals surface area contributed by atoms with Gasteiger partial charge in [-0.1, -0.05) is 23.7 Å². The molecule has 0 atom stereocenters. The average Bonchev–Trinajstić information content (AvgIpc) is 2.31. The number of anilines is 1. The van der Waals surface area contributed by atoms with E-state index in [1.54, 1.807) is 38.2 Å². The Hall–Kier alpha value is -1.81. The molecule has 0 bridgehead atoms. The molecule has 0 radical (unpaired) electrons. The third-order valence-electron chi connectivity index (χ3n) is 2.41. The summed E-state index contributed by atoms with van der Waals surface area (Å²) in [5.74, 6) is -0.520. The predicted octanol–water partition coefficient (Wildman–Crippen LogP) is 3.20. The first-order valence-electron chi connectivity index (χ1n) is 5.36. The summed E-state index contributed by atoms with van der Waals surface area (Å²) in [7, 11) is 1.56. The van der Waals surface area contributed by atoms with Crippen molar-refractivity contribution in [2.45, 2.75) is 13.8 Å². The van der Waals surface area contributed by atoms with E-state index in [-0.39, 0.29) is 11.3 Å². The van der Waals surface area contributed by atoms with E-state index in [0.29, 0.717) is 16.4 Å². The molecule has 1 aromatic rings. The SMILES string of the molecule is CN=C(C)/C(C(=O)Nc1ccccc1Cl)=C(\C)O. The first-order valence-corrected chi connectivity index (χ1v) is 5.74. The molecule has 0 aromatic heterocycles. The topological polar surface area (TPSA) is 61.7 Å². The second kappa shape index (κ2) is 6.21. The number of para-hydroxylation sites is 1. The molecule has 0 spiro atoms. The van der Waals surface area contributed by atoms with Gasteiger partial charge >= 0.3 is 0 Å². The van der Waals surface area contributed by atoms with Crippen LogP contribution >= 0.6 is 11.6 Å². The number of aliphatic hydroxyl groups is 1. The number of halogens is 1. The summed E-state index contributed by atoms with van der Waals surface area (Å²) in [5, 5.41) is 12.6. The van der Waals surface area contributed by atoms with Gasteiger partial charge in [0.25, 0.3) is 5.91 Å². The van der Waals surface area contributed by atoms with Crippen molar-refractivity contribution in [1.82, 2.24) is 0 Å². The van der Waals surface area contributed by atoms with Crippen LogP contribution in [-0.4, -0.2) is 23.8 Å². The van der Waals surface area contributed by atoms with E-state index in [0.717, 1.165) is 0 Å². The van der Waals surface area contributed by atoms with E-state index in [9.17, 15) is 9.90 Å². The second-order valence-electron chi connectivity index (χ2n) is 3.70. The normalized spacial score (nSPS) is 13.0. The number of carbonyl (C=O) groups excluding carboxylic acids is 1. The molecule has 96 valence electrons. The predicted molar refractivity (Wildman–Crippen MR) is 74.4 cm³/mol. The Morgan fingerprint density at radius 2 is 1.94 bits per heavy atom. The number of nitrogens with one attached hydrogen (secondary N) is 1. The van der Waals surface area contributed by atoms with Gasteiger partial charge in [0.1, 0.15) is 5.76 Å². The number of carbonyl (C=O) groups is 1. The van der Waals surface area contributed by atoms with Gasteiger partial charge in [-0.15, -0.1) is 0 Å². The Morgan fingerprint density at radius 1 is 1.33 bits per heavy atom. The number of hydrogen-bond donors (Lipinski definition) is 2. The summed E-state index contributed by atoms with van der Waals surface area (Å²) in [5.41, 5.74) is 1.10. The summed E-state index contributed by atoms with van der Waals surface area (Å²) in [6.45, 7) is 3.09. The fraction of sp³-hybridized carbons (Fsp3) is 0.231. The molecule has 2 N–H and O–H groups in total. The molecule has 0 aliphatic carbocycles. The summed E-state index contributed by atoms with van der Waals surface area (Å²) >= 11 is 5.94. The molecule has 1 aromatic carbocycles. The summed E-state index contributed by atoms with van der Waals surface area (Å²) in [6, 6.07) is 6.89. The number of rotatable bonds is 3. The number of nitrogens with zero attached hydrogens (tertiary/aromatic N) is 1. The van der Waals surface area contributed by atoms with Crippen LogP contribution in [0.1, 0.15) is 13.8 Å². The number of allylic oxidation sites excluding steroid dienone is 1. The zero-order valence-corrected chi connectivity index (χ0v) is 11.2. The Bertz CT molecular complexity index is 517. The summed E-state index contributed by atoms with van der Waals surface area (Å²) in [6.07, 6.45) is 0. The smallest absolute Gasteiger partial charge is 0.260 e. The van der Waals surface area contributed by atoms with Crippen LogP contribution in [0.15, 0.2) is 40.6 Å². The number of hydrogen-bond acceptors (Lipinski definition) is 3. The zero-order chi connectivity index (χ0) is 13.7. The van der Waals surface area contributed by atoms with Crippen molar-refractivity contribution in [2.75, 3.05) is 12.4 Å². The van der Waals surface area contributed by atoms with Crippen LogP contribution in [0.25, 0.3) is 0 Å². The van der Waals surface area contributed by atoms with E-state index in [1.165, 1.54) is 6.92 Å². The van der Waals surface area contributed by atoms with Crippen molar-refractivity contribution in [3.8, 4) is 0 Å². The van der Waals surface area contributed by atoms with Gasteiger partial charge in [-0.2, -0.15) is 0 Å². The van der Waals surface area contributed by atoms with Gasteiger partial charge in [0, 0.05) is 12.8 Å². The second-order valence-corrected chi connectivity index (χ2v) is 4.11. The highest BCUT2D eigenvalue weighted by Gasteiger charge is 2.16. The minimum atomic E-state index is -0.439. The molecule has 0 aliphatic rings. The molecule has 1 rings (SSSR count). The van der Waals surface area contributed by atoms with Gasteiger partial charge in [-0.3, -0.25) is 9.79 Å². The lowest BCUT2D eigenvalue weighted by molar-refractivity contribution is -0.112. The van der Waals surface area contributed by atoms with Crippen molar-refractivity contribution in [3.63, 3.8) is 0 Å². The molecule has 18 heavy (non-hydrogen) atoms. The molecule has 0 unspecified atom stereocenters. The molecule has 4 nitrogen and oxygen atoms in total. The highest BCUT2D eigenvalue weighted by Crippen LogP contribution is 2.21. The number of aliphatic imine (C=N–C) groups is 1. The highest BCUT2D eigenvalue weighted by atomic mass is 35.5. The minimum absolute atomic E-state index is 0.0809. The van der Waals surface area contributed by atoms with E-state index in [1.807, 2.05) is 0 Å². The lowest BCUT2D eigenvalue weighted by Gasteiger charge is -2.10. The highest BCUT2D eigenvalue weighted by molar-refractivity contribution is 6.34. The fourth-order valence-electron chi connectivity index (χ4n) is 1.45. The maximum absolute atomic E-state index is 12.0. The Balaban J connectivity index is 3.02. The lowest BCUT2D eigenvalue weighted by Crippen LogP contribution is -2.21. The van der Waals surface area contributed by atoms with Gasteiger partial charge < -0.3 is 10.4 Å². The average molecular weight is 267 g/mol. The maximum Gasteiger partial charge on any atom is 0.260 e. The molecule has 0 saturated heterocycles. The molecule has 0 saturated carbocycles. The zero-order valence-electron chi connectivity index (χ0n) is 10.5. The molecular weight excluding hydrogens is 252 g/mol. The molecule has 0 fully saturated rings. The van der Waals surface area contributed by atoms with Crippen LogP contribution in [0, 0.1) is 0 Å². The number of amides is 1. The molecule has 5 heteroatoms. The third-order valence-corrected chi connectivity index (χ3v) is 2.74. The van der Waals surface area contributed by atoms with Crippen molar-refractivity contribution < 1.29 is 9.90 Å².